The third kappa shape index (κ3) is 12.0. The lowest BCUT2D eigenvalue weighted by atomic mass is 9.94. The first-order valence-corrected chi connectivity index (χ1v) is 7.98. The normalized spacial score (nSPS) is 12.2. The average molecular weight is 284 g/mol. The Morgan fingerprint density at radius 2 is 1.30 bits per heavy atom. The van der Waals surface area contributed by atoms with Crippen molar-refractivity contribution in [2.75, 3.05) is 0 Å². The van der Waals surface area contributed by atoms with Crippen LogP contribution in [0.1, 0.15) is 84.0 Å². The number of carbonyl (C=O) groups is 2. The van der Waals surface area contributed by atoms with Gasteiger partial charge in [-0.2, -0.15) is 0 Å². The fourth-order valence-electron chi connectivity index (χ4n) is 2.39. The van der Waals surface area contributed by atoms with Gasteiger partial charge in [-0.3, -0.25) is 0 Å². The molecule has 1 unspecified atom stereocenters. The van der Waals surface area contributed by atoms with Crippen molar-refractivity contribution in [3.8, 4) is 0 Å². The standard InChI is InChI=1S/C16H30O4/c1-2-3-4-8-11-14(16(19)20)12-9-6-5-7-10-13-15(17)18/h14H,2-13H2,1H3,(H,17,18)(H,19,20)/p-2. The predicted octanol–water partition coefficient (Wildman–Crippen LogP) is 1.80. The molecule has 4 heteroatoms. The molecule has 0 saturated heterocycles. The molecule has 0 aliphatic heterocycles. The molecule has 0 amide bonds. The first-order chi connectivity index (χ1) is 9.57. The van der Waals surface area contributed by atoms with Crippen LogP contribution < -0.4 is 10.2 Å². The summed E-state index contributed by atoms with van der Waals surface area (Å²) in [6, 6.07) is 0. The lowest BCUT2D eigenvalue weighted by Gasteiger charge is -2.17. The van der Waals surface area contributed by atoms with E-state index in [1.807, 2.05) is 0 Å². The highest BCUT2D eigenvalue weighted by molar-refractivity contribution is 5.67. The summed E-state index contributed by atoms with van der Waals surface area (Å²) in [5.74, 6) is -2.22. The molecule has 0 fully saturated rings. The van der Waals surface area contributed by atoms with E-state index in [1.165, 1.54) is 0 Å². The Kier molecular flexibility index (Phi) is 12.3. The summed E-state index contributed by atoms with van der Waals surface area (Å²) >= 11 is 0. The van der Waals surface area contributed by atoms with E-state index in [9.17, 15) is 19.8 Å². The molecule has 0 aromatic rings. The Morgan fingerprint density at radius 1 is 0.800 bits per heavy atom. The van der Waals surface area contributed by atoms with Crippen LogP contribution in [-0.4, -0.2) is 11.9 Å². The van der Waals surface area contributed by atoms with Crippen molar-refractivity contribution < 1.29 is 19.8 Å². The molecule has 0 rings (SSSR count). The fraction of sp³-hybridized carbons (Fsp3) is 0.875. The van der Waals surface area contributed by atoms with E-state index in [-0.39, 0.29) is 12.3 Å². The number of aliphatic carboxylic acids is 2. The van der Waals surface area contributed by atoms with Crippen molar-refractivity contribution in [1.29, 1.82) is 0 Å². The molecule has 1 atom stereocenters. The molecule has 0 radical (unpaired) electrons. The minimum atomic E-state index is -0.992. The summed E-state index contributed by atoms with van der Waals surface area (Å²) in [6.07, 6.45) is 10.3. The molecule has 0 bridgehead atoms. The van der Waals surface area contributed by atoms with Crippen LogP contribution in [0.15, 0.2) is 0 Å². The molecule has 20 heavy (non-hydrogen) atoms. The van der Waals surface area contributed by atoms with Gasteiger partial charge in [0.05, 0.1) is 0 Å². The Labute approximate surface area is 122 Å². The van der Waals surface area contributed by atoms with Crippen LogP contribution in [0.4, 0.5) is 0 Å². The van der Waals surface area contributed by atoms with Crippen LogP contribution in [0, 0.1) is 5.92 Å². The summed E-state index contributed by atoms with van der Waals surface area (Å²) in [4.78, 5) is 21.2. The van der Waals surface area contributed by atoms with Gasteiger partial charge in [0.2, 0.25) is 0 Å². The highest BCUT2D eigenvalue weighted by Crippen LogP contribution is 2.18. The highest BCUT2D eigenvalue weighted by atomic mass is 16.4. The molecule has 0 aliphatic carbocycles. The molecule has 0 aliphatic rings. The third-order valence-electron chi connectivity index (χ3n) is 3.67. The van der Waals surface area contributed by atoms with Crippen molar-refractivity contribution in [3.05, 3.63) is 0 Å². The summed E-state index contributed by atoms with van der Waals surface area (Å²) in [5.41, 5.74) is 0. The maximum absolute atomic E-state index is 11.0. The Morgan fingerprint density at radius 3 is 1.80 bits per heavy atom. The zero-order chi connectivity index (χ0) is 15.2. The van der Waals surface area contributed by atoms with Gasteiger partial charge in [0.15, 0.2) is 0 Å². The van der Waals surface area contributed by atoms with Crippen LogP contribution in [0.25, 0.3) is 0 Å². The maximum Gasteiger partial charge on any atom is 0.0445 e. The Balaban J connectivity index is 3.55. The predicted molar refractivity (Wildman–Crippen MR) is 74.6 cm³/mol. The molecule has 0 spiro atoms. The summed E-state index contributed by atoms with van der Waals surface area (Å²) in [5, 5.41) is 21.2. The van der Waals surface area contributed by atoms with Crippen LogP contribution in [0.3, 0.4) is 0 Å². The van der Waals surface area contributed by atoms with E-state index in [4.69, 9.17) is 0 Å². The Hall–Kier alpha value is -1.06. The molecule has 0 aromatic carbocycles. The van der Waals surface area contributed by atoms with Crippen LogP contribution in [-0.2, 0) is 9.59 Å². The summed E-state index contributed by atoms with van der Waals surface area (Å²) in [6.45, 7) is 2.14. The second kappa shape index (κ2) is 12.9. The number of rotatable bonds is 14. The molecule has 0 N–H and O–H groups in total. The molecule has 4 nitrogen and oxygen atoms in total. The second-order valence-corrected chi connectivity index (χ2v) is 5.54. The highest BCUT2D eigenvalue weighted by Gasteiger charge is 2.09. The largest absolute Gasteiger partial charge is 0.550 e. The van der Waals surface area contributed by atoms with Crippen LogP contribution >= 0.6 is 0 Å². The third-order valence-corrected chi connectivity index (χ3v) is 3.67. The van der Waals surface area contributed by atoms with Gasteiger partial charge in [-0.1, -0.05) is 58.3 Å². The monoisotopic (exact) mass is 284 g/mol. The van der Waals surface area contributed by atoms with Gasteiger partial charge in [-0.25, -0.2) is 0 Å². The number of hydrogen-bond acceptors (Lipinski definition) is 4. The zero-order valence-corrected chi connectivity index (χ0v) is 12.7. The van der Waals surface area contributed by atoms with Crippen molar-refractivity contribution >= 4 is 11.9 Å². The molecular formula is C16H28O4-2. The average Bonchev–Trinajstić information content (AvgIpc) is 2.39. The van der Waals surface area contributed by atoms with E-state index in [0.29, 0.717) is 12.8 Å². The number of unbranched alkanes of at least 4 members (excludes halogenated alkanes) is 7. The Bertz CT molecular complexity index is 263. The van der Waals surface area contributed by atoms with Gasteiger partial charge in [0.1, 0.15) is 0 Å². The molecule has 118 valence electrons. The van der Waals surface area contributed by atoms with E-state index < -0.39 is 11.9 Å². The van der Waals surface area contributed by atoms with E-state index in [2.05, 4.69) is 6.92 Å². The number of hydrogen-bond donors (Lipinski definition) is 0. The van der Waals surface area contributed by atoms with Gasteiger partial charge >= 0.3 is 0 Å². The first kappa shape index (κ1) is 18.9. The van der Waals surface area contributed by atoms with E-state index in [1.54, 1.807) is 0 Å². The van der Waals surface area contributed by atoms with Crippen molar-refractivity contribution in [2.24, 2.45) is 5.92 Å². The quantitative estimate of drug-likeness (QED) is 0.456. The molecule has 0 saturated carbocycles. The smallest absolute Gasteiger partial charge is 0.0445 e. The summed E-state index contributed by atoms with van der Waals surface area (Å²) in [7, 11) is 0. The lowest BCUT2D eigenvalue weighted by molar-refractivity contribution is -0.312. The van der Waals surface area contributed by atoms with Crippen LogP contribution in [0.2, 0.25) is 0 Å². The SMILES string of the molecule is CCCCCCC(CCCCCCCC(=O)[O-])C(=O)[O-]. The zero-order valence-electron chi connectivity index (χ0n) is 12.7. The van der Waals surface area contributed by atoms with Gasteiger partial charge in [0.25, 0.3) is 0 Å². The second-order valence-electron chi connectivity index (χ2n) is 5.54. The van der Waals surface area contributed by atoms with E-state index in [0.717, 1.165) is 57.8 Å². The van der Waals surface area contributed by atoms with Crippen molar-refractivity contribution in [2.45, 2.75) is 84.0 Å². The van der Waals surface area contributed by atoms with E-state index >= 15 is 0 Å². The van der Waals surface area contributed by atoms with Gasteiger partial charge in [-0.05, 0) is 31.6 Å². The van der Waals surface area contributed by atoms with Crippen LogP contribution in [0.5, 0.6) is 0 Å². The number of carboxylic acid groups (broad SMARTS) is 2. The minimum absolute atomic E-state index is 0.124. The van der Waals surface area contributed by atoms with Gasteiger partial charge in [-0.15, -0.1) is 0 Å². The summed E-state index contributed by atoms with van der Waals surface area (Å²) < 4.78 is 0. The van der Waals surface area contributed by atoms with Crippen molar-refractivity contribution in [1.82, 2.24) is 0 Å². The minimum Gasteiger partial charge on any atom is -0.550 e. The van der Waals surface area contributed by atoms with Gasteiger partial charge in [0, 0.05) is 11.9 Å². The lowest BCUT2D eigenvalue weighted by Crippen LogP contribution is -2.31. The molecular weight excluding hydrogens is 256 g/mol. The van der Waals surface area contributed by atoms with Crippen molar-refractivity contribution in [3.63, 3.8) is 0 Å². The number of carbonyl (C=O) groups excluding carboxylic acids is 2. The van der Waals surface area contributed by atoms with Gasteiger partial charge < -0.3 is 19.8 Å². The fourth-order valence-corrected chi connectivity index (χ4v) is 2.39. The molecule has 0 heterocycles. The topological polar surface area (TPSA) is 80.3 Å². The maximum atomic E-state index is 11.0. The molecule has 0 aromatic heterocycles. The first-order valence-electron chi connectivity index (χ1n) is 7.98. The number of carboxylic acids is 2.